The third-order valence-corrected chi connectivity index (χ3v) is 6.62. The van der Waals surface area contributed by atoms with E-state index in [4.69, 9.17) is 21.1 Å². The molecule has 2 aromatic heterocycles. The van der Waals surface area contributed by atoms with E-state index in [9.17, 15) is 9.90 Å². The average Bonchev–Trinajstić information content (AvgIpc) is 2.76. The number of nitrogens with zero attached hydrogens (tertiary/aromatic N) is 3. The topological polar surface area (TPSA) is 84.8 Å². The number of rotatable bonds is 8. The molecule has 0 saturated carbocycles. The van der Waals surface area contributed by atoms with E-state index >= 15 is 0 Å². The SMILES string of the molecule is Cc1ncc(-c2cnc(OCC(C)C)c(Cl)c2)c(N2CCC(C)(C)CC2)c1C(OC(C)(C)C)C(=O)O. The van der Waals surface area contributed by atoms with E-state index in [1.54, 1.807) is 12.4 Å². The van der Waals surface area contributed by atoms with Gasteiger partial charge in [-0.3, -0.25) is 4.98 Å². The van der Waals surface area contributed by atoms with Crippen LogP contribution in [0.4, 0.5) is 5.69 Å². The van der Waals surface area contributed by atoms with Crippen molar-refractivity contribution in [1.82, 2.24) is 9.97 Å². The number of carboxylic acid groups (broad SMARTS) is 1. The van der Waals surface area contributed by atoms with Crippen LogP contribution >= 0.6 is 11.6 Å². The maximum atomic E-state index is 12.5. The largest absolute Gasteiger partial charge is 0.479 e. The lowest BCUT2D eigenvalue weighted by Gasteiger charge is -2.41. The van der Waals surface area contributed by atoms with Crippen LogP contribution in [0.15, 0.2) is 18.5 Å². The lowest BCUT2D eigenvalue weighted by Crippen LogP contribution is -2.39. The molecule has 0 amide bonds. The van der Waals surface area contributed by atoms with Gasteiger partial charge >= 0.3 is 5.97 Å². The summed E-state index contributed by atoms with van der Waals surface area (Å²) in [5.41, 5.74) is 3.13. The fourth-order valence-electron chi connectivity index (χ4n) is 4.32. The molecule has 1 fully saturated rings. The summed E-state index contributed by atoms with van der Waals surface area (Å²) in [5.74, 6) is -0.313. The van der Waals surface area contributed by atoms with Crippen LogP contribution < -0.4 is 9.64 Å². The second kappa shape index (κ2) is 10.9. The zero-order valence-electron chi connectivity index (χ0n) is 22.8. The molecule has 2 aromatic rings. The molecule has 36 heavy (non-hydrogen) atoms. The number of carbonyl (C=O) groups is 1. The highest BCUT2D eigenvalue weighted by Gasteiger charge is 2.35. The fraction of sp³-hybridized carbons (Fsp3) is 0.607. The minimum atomic E-state index is -1.17. The van der Waals surface area contributed by atoms with Crippen LogP contribution in [0.25, 0.3) is 11.1 Å². The van der Waals surface area contributed by atoms with E-state index in [0.29, 0.717) is 34.7 Å². The smallest absolute Gasteiger partial charge is 0.337 e. The van der Waals surface area contributed by atoms with Crippen molar-refractivity contribution in [1.29, 1.82) is 0 Å². The standard InChI is InChI=1S/C28H40ClN3O4/c1-17(2)16-35-25-21(29)13-19(14-31-25)20-15-30-18(3)22(24(26(33)34)36-27(4,5)6)23(20)32-11-9-28(7,8)10-12-32/h13-15,17,24H,9-12,16H2,1-8H3,(H,33,34). The number of ether oxygens (including phenoxy) is 2. The second-order valence-electron chi connectivity index (χ2n) is 11.8. The van der Waals surface area contributed by atoms with Gasteiger partial charge in [0, 0.05) is 47.9 Å². The van der Waals surface area contributed by atoms with E-state index in [1.807, 2.05) is 33.8 Å². The maximum Gasteiger partial charge on any atom is 0.337 e. The molecule has 1 aliphatic rings. The zero-order valence-corrected chi connectivity index (χ0v) is 23.6. The quantitative estimate of drug-likeness (QED) is 0.416. The number of pyridine rings is 2. The molecular weight excluding hydrogens is 478 g/mol. The molecular formula is C28H40ClN3O4. The Morgan fingerprint density at radius 3 is 2.36 bits per heavy atom. The molecule has 3 heterocycles. The van der Waals surface area contributed by atoms with Crippen LogP contribution in [0.2, 0.25) is 5.02 Å². The molecule has 8 heteroatoms. The van der Waals surface area contributed by atoms with Crippen molar-refractivity contribution in [2.45, 2.75) is 79.9 Å². The Hall–Kier alpha value is -2.38. The molecule has 0 spiro atoms. The number of aryl methyl sites for hydroxylation is 1. The highest BCUT2D eigenvalue weighted by molar-refractivity contribution is 6.32. The number of anilines is 1. The summed E-state index contributed by atoms with van der Waals surface area (Å²) >= 11 is 6.57. The lowest BCUT2D eigenvalue weighted by atomic mass is 9.82. The minimum Gasteiger partial charge on any atom is -0.479 e. The number of piperidine rings is 1. The summed E-state index contributed by atoms with van der Waals surface area (Å²) in [7, 11) is 0. The van der Waals surface area contributed by atoms with Crippen molar-refractivity contribution in [3.8, 4) is 17.0 Å². The van der Waals surface area contributed by atoms with Crippen molar-refractivity contribution in [2.24, 2.45) is 11.3 Å². The molecule has 198 valence electrons. The Bertz CT molecular complexity index is 1080. The van der Waals surface area contributed by atoms with Crippen molar-refractivity contribution < 1.29 is 19.4 Å². The van der Waals surface area contributed by atoms with E-state index in [2.05, 4.69) is 42.6 Å². The van der Waals surface area contributed by atoms with Gasteiger partial charge in [0.25, 0.3) is 0 Å². The Morgan fingerprint density at radius 2 is 1.83 bits per heavy atom. The first-order valence-electron chi connectivity index (χ1n) is 12.6. The number of halogens is 1. The highest BCUT2D eigenvalue weighted by Crippen LogP contribution is 2.44. The van der Waals surface area contributed by atoms with Gasteiger partial charge < -0.3 is 19.5 Å². The summed E-state index contributed by atoms with van der Waals surface area (Å²) in [6.45, 7) is 18.2. The van der Waals surface area contributed by atoms with E-state index in [1.165, 1.54) is 0 Å². The number of aliphatic carboxylic acids is 1. The normalized spacial score (nSPS) is 16.8. The number of hydrogen-bond acceptors (Lipinski definition) is 6. The van der Waals surface area contributed by atoms with Crippen LogP contribution in [0.3, 0.4) is 0 Å². The molecule has 3 rings (SSSR count). The van der Waals surface area contributed by atoms with Crippen LogP contribution in [-0.2, 0) is 9.53 Å². The van der Waals surface area contributed by atoms with Gasteiger partial charge in [-0.05, 0) is 57.9 Å². The predicted molar refractivity (Wildman–Crippen MR) is 144 cm³/mol. The molecule has 0 bridgehead atoms. The van der Waals surface area contributed by atoms with Gasteiger partial charge in [-0.15, -0.1) is 0 Å². The summed E-state index contributed by atoms with van der Waals surface area (Å²) in [6.07, 6.45) is 4.32. The van der Waals surface area contributed by atoms with Crippen molar-refractivity contribution in [2.75, 3.05) is 24.6 Å². The van der Waals surface area contributed by atoms with Gasteiger partial charge in [0.15, 0.2) is 6.10 Å². The molecule has 1 unspecified atom stereocenters. The lowest BCUT2D eigenvalue weighted by molar-refractivity contribution is -0.160. The van der Waals surface area contributed by atoms with Gasteiger partial charge in [-0.25, -0.2) is 9.78 Å². The first-order chi connectivity index (χ1) is 16.7. The Kier molecular flexibility index (Phi) is 8.56. The predicted octanol–water partition coefficient (Wildman–Crippen LogP) is 6.71. The fourth-order valence-corrected chi connectivity index (χ4v) is 4.54. The third kappa shape index (κ3) is 6.88. The molecule has 7 nitrogen and oxygen atoms in total. The average molecular weight is 518 g/mol. The molecule has 1 aliphatic heterocycles. The monoisotopic (exact) mass is 517 g/mol. The Balaban J connectivity index is 2.18. The van der Waals surface area contributed by atoms with Crippen molar-refractivity contribution >= 4 is 23.3 Å². The zero-order chi connectivity index (χ0) is 26.8. The van der Waals surface area contributed by atoms with E-state index in [-0.39, 0.29) is 5.41 Å². The molecule has 0 radical (unpaired) electrons. The molecule has 1 saturated heterocycles. The van der Waals surface area contributed by atoms with Crippen molar-refractivity contribution in [3.63, 3.8) is 0 Å². The van der Waals surface area contributed by atoms with E-state index in [0.717, 1.165) is 42.7 Å². The summed E-state index contributed by atoms with van der Waals surface area (Å²) in [4.78, 5) is 23.9. The van der Waals surface area contributed by atoms with Gasteiger partial charge in [0.2, 0.25) is 5.88 Å². The van der Waals surface area contributed by atoms with Crippen LogP contribution in [0.1, 0.15) is 78.7 Å². The van der Waals surface area contributed by atoms with Crippen LogP contribution in [0.5, 0.6) is 5.88 Å². The van der Waals surface area contributed by atoms with Crippen LogP contribution in [-0.4, -0.2) is 46.3 Å². The number of aromatic nitrogens is 2. The third-order valence-electron chi connectivity index (χ3n) is 6.35. The van der Waals surface area contributed by atoms with Gasteiger partial charge in [-0.1, -0.05) is 39.3 Å². The number of hydrogen-bond donors (Lipinski definition) is 1. The van der Waals surface area contributed by atoms with Gasteiger partial charge in [-0.2, -0.15) is 0 Å². The van der Waals surface area contributed by atoms with Crippen molar-refractivity contribution in [3.05, 3.63) is 34.7 Å². The first-order valence-corrected chi connectivity index (χ1v) is 13.0. The van der Waals surface area contributed by atoms with Gasteiger partial charge in [0.1, 0.15) is 5.02 Å². The summed E-state index contributed by atoms with van der Waals surface area (Å²) in [5, 5.41) is 10.6. The maximum absolute atomic E-state index is 12.5. The van der Waals surface area contributed by atoms with E-state index < -0.39 is 17.7 Å². The molecule has 1 atom stereocenters. The minimum absolute atomic E-state index is 0.229. The second-order valence-corrected chi connectivity index (χ2v) is 12.2. The molecule has 0 aromatic carbocycles. The summed E-state index contributed by atoms with van der Waals surface area (Å²) < 4.78 is 11.9. The summed E-state index contributed by atoms with van der Waals surface area (Å²) in [6, 6.07) is 1.82. The molecule has 0 aliphatic carbocycles. The Labute approximate surface area is 220 Å². The molecule has 1 N–H and O–H groups in total. The highest BCUT2D eigenvalue weighted by atomic mass is 35.5. The Morgan fingerprint density at radius 1 is 1.19 bits per heavy atom. The number of carboxylic acids is 1. The first kappa shape index (κ1) is 28.2. The van der Waals surface area contributed by atoms with Crippen LogP contribution in [0, 0.1) is 18.3 Å². The van der Waals surface area contributed by atoms with Gasteiger partial charge in [0.05, 0.1) is 17.9 Å².